The monoisotopic (exact) mass is 277 g/mol. The van der Waals surface area contributed by atoms with E-state index in [9.17, 15) is 0 Å². The van der Waals surface area contributed by atoms with Crippen LogP contribution in [0.5, 0.6) is 11.5 Å². The first-order chi connectivity index (χ1) is 9.76. The van der Waals surface area contributed by atoms with Crippen molar-refractivity contribution in [1.29, 1.82) is 0 Å². The Hall–Kier alpha value is -1.48. The Kier molecular flexibility index (Phi) is 7.81. The van der Waals surface area contributed by atoms with Gasteiger partial charge in [-0.3, -0.25) is 0 Å². The molecule has 1 rings (SSSR count). The average Bonchev–Trinajstić information content (AvgIpc) is 2.46. The lowest BCUT2D eigenvalue weighted by Gasteiger charge is -2.20. The fraction of sp³-hybridized carbons (Fsp3) is 0.529. The Labute approximate surface area is 123 Å². The van der Waals surface area contributed by atoms with Crippen LogP contribution in [-0.4, -0.2) is 19.8 Å². The van der Waals surface area contributed by atoms with Crippen LogP contribution in [0.4, 0.5) is 0 Å². The molecule has 0 heterocycles. The van der Waals surface area contributed by atoms with Crippen molar-refractivity contribution in [2.24, 2.45) is 0 Å². The number of benzene rings is 1. The Bertz CT molecular complexity index is 404. The van der Waals surface area contributed by atoms with Gasteiger partial charge in [0.05, 0.1) is 13.2 Å². The minimum Gasteiger partial charge on any atom is -0.490 e. The number of allylic oxidation sites excluding steroid dienone is 1. The number of nitrogens with one attached hydrogen (secondary N) is 1. The van der Waals surface area contributed by atoms with Crippen molar-refractivity contribution in [3.8, 4) is 11.5 Å². The molecule has 0 radical (unpaired) electrons. The summed E-state index contributed by atoms with van der Waals surface area (Å²) in [6.07, 6.45) is 3.99. The van der Waals surface area contributed by atoms with Gasteiger partial charge in [-0.05, 0) is 50.9 Å². The van der Waals surface area contributed by atoms with Gasteiger partial charge in [0.15, 0.2) is 11.5 Å². The van der Waals surface area contributed by atoms with Crippen LogP contribution in [0.2, 0.25) is 0 Å². The van der Waals surface area contributed by atoms with E-state index in [1.165, 1.54) is 5.56 Å². The molecule has 0 aliphatic rings. The van der Waals surface area contributed by atoms with Crippen molar-refractivity contribution >= 4 is 0 Å². The molecular formula is C17H27NO2. The van der Waals surface area contributed by atoms with E-state index in [4.69, 9.17) is 9.47 Å². The second-order valence-corrected chi connectivity index (χ2v) is 4.55. The molecule has 112 valence electrons. The van der Waals surface area contributed by atoms with E-state index in [1.807, 2.05) is 26.0 Å². The zero-order valence-corrected chi connectivity index (χ0v) is 12.9. The summed E-state index contributed by atoms with van der Waals surface area (Å²) in [5.74, 6) is 1.64. The summed E-state index contributed by atoms with van der Waals surface area (Å²) < 4.78 is 11.3. The smallest absolute Gasteiger partial charge is 0.161 e. The van der Waals surface area contributed by atoms with Crippen molar-refractivity contribution in [3.63, 3.8) is 0 Å². The highest BCUT2D eigenvalue weighted by molar-refractivity contribution is 5.44. The largest absolute Gasteiger partial charge is 0.490 e. The molecule has 1 atom stereocenters. The zero-order chi connectivity index (χ0) is 14.8. The Morgan fingerprint density at radius 2 is 1.85 bits per heavy atom. The van der Waals surface area contributed by atoms with Gasteiger partial charge in [-0.15, -0.1) is 6.58 Å². The highest BCUT2D eigenvalue weighted by Crippen LogP contribution is 2.32. The minimum absolute atomic E-state index is 0.327. The van der Waals surface area contributed by atoms with Gasteiger partial charge in [-0.1, -0.05) is 19.1 Å². The maximum absolute atomic E-state index is 5.69. The van der Waals surface area contributed by atoms with E-state index in [-0.39, 0.29) is 0 Å². The molecule has 0 spiro atoms. The van der Waals surface area contributed by atoms with Crippen LogP contribution in [0.25, 0.3) is 0 Å². The SMILES string of the molecule is C=CCCC(NCC)c1ccc(OCC)c(OCC)c1. The molecule has 3 heteroatoms. The lowest BCUT2D eigenvalue weighted by Crippen LogP contribution is -2.20. The van der Waals surface area contributed by atoms with Gasteiger partial charge < -0.3 is 14.8 Å². The minimum atomic E-state index is 0.327. The molecule has 1 N–H and O–H groups in total. The third kappa shape index (κ3) is 4.89. The van der Waals surface area contributed by atoms with Crippen LogP contribution in [0.1, 0.15) is 45.2 Å². The first kappa shape index (κ1) is 16.6. The molecule has 3 nitrogen and oxygen atoms in total. The van der Waals surface area contributed by atoms with Gasteiger partial charge in [0.25, 0.3) is 0 Å². The Morgan fingerprint density at radius 1 is 1.15 bits per heavy atom. The number of ether oxygens (including phenoxy) is 2. The highest BCUT2D eigenvalue weighted by Gasteiger charge is 2.13. The quantitative estimate of drug-likeness (QED) is 0.653. The standard InChI is InChI=1S/C17H27NO2/c1-5-9-10-15(18-6-2)14-11-12-16(19-7-3)17(13-14)20-8-4/h5,11-13,15,18H,1,6-10H2,2-4H3. The normalized spacial score (nSPS) is 11.9. The lowest BCUT2D eigenvalue weighted by atomic mass is 10.0. The molecule has 1 aromatic carbocycles. The first-order valence-corrected chi connectivity index (χ1v) is 7.50. The van der Waals surface area contributed by atoms with E-state index in [0.717, 1.165) is 30.9 Å². The van der Waals surface area contributed by atoms with Crippen LogP contribution >= 0.6 is 0 Å². The van der Waals surface area contributed by atoms with Crippen LogP contribution in [-0.2, 0) is 0 Å². The van der Waals surface area contributed by atoms with Crippen LogP contribution in [0.15, 0.2) is 30.9 Å². The van der Waals surface area contributed by atoms with Gasteiger partial charge in [0, 0.05) is 6.04 Å². The third-order valence-corrected chi connectivity index (χ3v) is 3.08. The van der Waals surface area contributed by atoms with Crippen LogP contribution in [0.3, 0.4) is 0 Å². The van der Waals surface area contributed by atoms with E-state index in [2.05, 4.69) is 31.0 Å². The summed E-state index contributed by atoms with van der Waals surface area (Å²) in [7, 11) is 0. The maximum atomic E-state index is 5.69. The summed E-state index contributed by atoms with van der Waals surface area (Å²) in [5, 5.41) is 3.51. The summed E-state index contributed by atoms with van der Waals surface area (Å²) in [4.78, 5) is 0. The van der Waals surface area contributed by atoms with Crippen molar-refractivity contribution in [1.82, 2.24) is 5.32 Å². The van der Waals surface area contributed by atoms with Crippen molar-refractivity contribution in [2.75, 3.05) is 19.8 Å². The Morgan fingerprint density at radius 3 is 2.45 bits per heavy atom. The van der Waals surface area contributed by atoms with Gasteiger partial charge in [-0.25, -0.2) is 0 Å². The molecule has 20 heavy (non-hydrogen) atoms. The number of hydrogen-bond donors (Lipinski definition) is 1. The Balaban J connectivity index is 2.96. The second kappa shape index (κ2) is 9.43. The first-order valence-electron chi connectivity index (χ1n) is 7.50. The van der Waals surface area contributed by atoms with Crippen LogP contribution < -0.4 is 14.8 Å². The summed E-state index contributed by atoms with van der Waals surface area (Å²) in [6.45, 7) is 12.1. The second-order valence-electron chi connectivity index (χ2n) is 4.55. The highest BCUT2D eigenvalue weighted by atomic mass is 16.5. The van der Waals surface area contributed by atoms with Crippen molar-refractivity contribution in [2.45, 2.75) is 39.7 Å². The fourth-order valence-electron chi connectivity index (χ4n) is 2.20. The van der Waals surface area contributed by atoms with Crippen LogP contribution in [0, 0.1) is 0 Å². The molecule has 1 unspecified atom stereocenters. The van der Waals surface area contributed by atoms with Gasteiger partial charge in [-0.2, -0.15) is 0 Å². The van der Waals surface area contributed by atoms with E-state index < -0.39 is 0 Å². The predicted molar refractivity (Wildman–Crippen MR) is 84.6 cm³/mol. The van der Waals surface area contributed by atoms with E-state index in [1.54, 1.807) is 0 Å². The summed E-state index contributed by atoms with van der Waals surface area (Å²) in [6, 6.07) is 6.53. The molecule has 0 aromatic heterocycles. The lowest BCUT2D eigenvalue weighted by molar-refractivity contribution is 0.287. The van der Waals surface area contributed by atoms with E-state index in [0.29, 0.717) is 19.3 Å². The van der Waals surface area contributed by atoms with Crippen molar-refractivity contribution in [3.05, 3.63) is 36.4 Å². The summed E-state index contributed by atoms with van der Waals surface area (Å²) in [5.41, 5.74) is 1.24. The topological polar surface area (TPSA) is 30.5 Å². The molecule has 0 saturated heterocycles. The molecule has 0 amide bonds. The zero-order valence-electron chi connectivity index (χ0n) is 12.9. The van der Waals surface area contributed by atoms with E-state index >= 15 is 0 Å². The molecule has 0 aliphatic carbocycles. The van der Waals surface area contributed by atoms with Gasteiger partial charge in [0.2, 0.25) is 0 Å². The maximum Gasteiger partial charge on any atom is 0.161 e. The molecule has 0 aliphatic heterocycles. The molecule has 0 fully saturated rings. The number of hydrogen-bond acceptors (Lipinski definition) is 3. The van der Waals surface area contributed by atoms with Gasteiger partial charge >= 0.3 is 0 Å². The number of rotatable bonds is 10. The fourth-order valence-corrected chi connectivity index (χ4v) is 2.20. The molecule has 0 bridgehead atoms. The molecule has 1 aromatic rings. The van der Waals surface area contributed by atoms with Crippen molar-refractivity contribution < 1.29 is 9.47 Å². The summed E-state index contributed by atoms with van der Waals surface area (Å²) >= 11 is 0. The van der Waals surface area contributed by atoms with Gasteiger partial charge in [0.1, 0.15) is 0 Å². The third-order valence-electron chi connectivity index (χ3n) is 3.08. The molecule has 0 saturated carbocycles. The predicted octanol–water partition coefficient (Wildman–Crippen LogP) is 4.10. The average molecular weight is 277 g/mol. The molecular weight excluding hydrogens is 250 g/mol.